The summed E-state index contributed by atoms with van der Waals surface area (Å²) in [7, 11) is -1.28. The van der Waals surface area contributed by atoms with Crippen molar-refractivity contribution < 1.29 is 24.4 Å². The zero-order valence-electron chi connectivity index (χ0n) is 11.2. The van der Waals surface area contributed by atoms with Crippen molar-refractivity contribution in [3.05, 3.63) is 29.3 Å². The SMILES string of the molecule is CC(Cl)(Cl)C(=O)C[C@H]1Cc2cccc(C(=O)O)c2OB1O. The van der Waals surface area contributed by atoms with Gasteiger partial charge in [-0.1, -0.05) is 35.3 Å². The fraction of sp³-hybridized carbons (Fsp3) is 0.385. The number of fused-ring (bicyclic) bond motifs is 1. The van der Waals surface area contributed by atoms with Gasteiger partial charge in [0.1, 0.15) is 5.75 Å². The average Bonchev–Trinajstić information content (AvgIpc) is 2.37. The highest BCUT2D eigenvalue weighted by Crippen LogP contribution is 2.37. The molecule has 0 unspecified atom stereocenters. The standard InChI is InChI=1S/C13H13BCl2O5/c1-13(15,16)10(17)6-8-5-7-3-2-4-9(12(18)19)11(7)21-14(8)20/h2-4,8,20H,5-6H2,1H3,(H,18,19)/t8-/m1/s1. The molecule has 0 aliphatic carbocycles. The molecule has 1 atom stereocenters. The molecule has 0 fully saturated rings. The predicted molar refractivity (Wildman–Crippen MR) is 79.2 cm³/mol. The van der Waals surface area contributed by atoms with Crippen LogP contribution in [0.2, 0.25) is 5.82 Å². The van der Waals surface area contributed by atoms with Crippen LogP contribution < -0.4 is 4.65 Å². The summed E-state index contributed by atoms with van der Waals surface area (Å²) in [6.45, 7) is 1.37. The topological polar surface area (TPSA) is 83.8 Å². The van der Waals surface area contributed by atoms with Gasteiger partial charge < -0.3 is 14.8 Å². The molecule has 8 heteroatoms. The number of halogens is 2. The van der Waals surface area contributed by atoms with Crippen LogP contribution in [0.25, 0.3) is 0 Å². The predicted octanol–water partition coefficient (Wildman–Crippen LogP) is 2.32. The molecule has 1 aliphatic heterocycles. The molecule has 0 spiro atoms. The Labute approximate surface area is 132 Å². The number of para-hydroxylation sites is 1. The van der Waals surface area contributed by atoms with E-state index in [1.807, 2.05) is 0 Å². The molecule has 1 aromatic rings. The van der Waals surface area contributed by atoms with E-state index in [1.54, 1.807) is 12.1 Å². The monoisotopic (exact) mass is 330 g/mol. The zero-order chi connectivity index (χ0) is 15.8. The van der Waals surface area contributed by atoms with E-state index < -0.39 is 29.0 Å². The van der Waals surface area contributed by atoms with Gasteiger partial charge in [-0.25, -0.2) is 4.79 Å². The maximum atomic E-state index is 11.8. The van der Waals surface area contributed by atoms with E-state index >= 15 is 0 Å². The molecule has 0 radical (unpaired) electrons. The highest BCUT2D eigenvalue weighted by molar-refractivity contribution is 6.58. The largest absolute Gasteiger partial charge is 0.535 e. The van der Waals surface area contributed by atoms with Crippen molar-refractivity contribution in [3.63, 3.8) is 0 Å². The number of hydrogen-bond donors (Lipinski definition) is 2. The summed E-state index contributed by atoms with van der Waals surface area (Å²) >= 11 is 11.5. The molecule has 0 saturated carbocycles. The molecule has 0 bridgehead atoms. The van der Waals surface area contributed by atoms with Gasteiger partial charge in [-0.15, -0.1) is 0 Å². The van der Waals surface area contributed by atoms with E-state index in [0.717, 1.165) is 0 Å². The smallest absolute Gasteiger partial charge is 0.526 e. The maximum absolute atomic E-state index is 11.8. The van der Waals surface area contributed by atoms with Crippen LogP contribution in [0.5, 0.6) is 5.75 Å². The third kappa shape index (κ3) is 3.51. The van der Waals surface area contributed by atoms with Crippen molar-refractivity contribution >= 4 is 42.1 Å². The maximum Gasteiger partial charge on any atom is 0.526 e. The first-order valence-corrected chi connectivity index (χ1v) is 7.06. The lowest BCUT2D eigenvalue weighted by Crippen LogP contribution is -2.37. The number of Topliss-reactive ketones (excluding diaryl/α,β-unsaturated/α-hetero) is 1. The third-order valence-electron chi connectivity index (χ3n) is 3.39. The van der Waals surface area contributed by atoms with Gasteiger partial charge in [0.05, 0.1) is 5.56 Å². The summed E-state index contributed by atoms with van der Waals surface area (Å²) in [4.78, 5) is 23.0. The number of aromatic carboxylic acids is 1. The average molecular weight is 331 g/mol. The van der Waals surface area contributed by atoms with E-state index in [0.29, 0.717) is 12.0 Å². The Hall–Kier alpha value is -1.24. The molecule has 0 saturated heterocycles. The normalized spacial score (nSPS) is 17.9. The van der Waals surface area contributed by atoms with Crippen LogP contribution in [-0.2, 0) is 11.2 Å². The lowest BCUT2D eigenvalue weighted by Gasteiger charge is -2.28. The molecule has 0 aromatic heterocycles. The summed E-state index contributed by atoms with van der Waals surface area (Å²) in [5.74, 6) is -1.94. The van der Waals surface area contributed by atoms with Crippen LogP contribution in [0.15, 0.2) is 18.2 Å². The molecule has 2 N–H and O–H groups in total. The van der Waals surface area contributed by atoms with Crippen LogP contribution in [-0.4, -0.2) is 33.3 Å². The van der Waals surface area contributed by atoms with E-state index in [1.165, 1.54) is 13.0 Å². The van der Waals surface area contributed by atoms with Crippen molar-refractivity contribution in [3.8, 4) is 5.75 Å². The van der Waals surface area contributed by atoms with Gasteiger partial charge in [-0.05, 0) is 25.0 Å². The van der Waals surface area contributed by atoms with Crippen LogP contribution in [0, 0.1) is 0 Å². The Bertz CT molecular complexity index is 584. The van der Waals surface area contributed by atoms with Crippen molar-refractivity contribution in [2.75, 3.05) is 0 Å². The van der Waals surface area contributed by atoms with E-state index in [2.05, 4.69) is 0 Å². The van der Waals surface area contributed by atoms with Crippen LogP contribution in [0.4, 0.5) is 0 Å². The number of benzene rings is 1. The van der Waals surface area contributed by atoms with E-state index in [4.69, 9.17) is 33.0 Å². The molecule has 21 heavy (non-hydrogen) atoms. The van der Waals surface area contributed by atoms with Gasteiger partial charge in [0.25, 0.3) is 0 Å². The molecule has 5 nitrogen and oxygen atoms in total. The van der Waals surface area contributed by atoms with Gasteiger partial charge in [0.15, 0.2) is 10.1 Å². The highest BCUT2D eigenvalue weighted by Gasteiger charge is 2.40. The van der Waals surface area contributed by atoms with Gasteiger partial charge in [0.2, 0.25) is 0 Å². The summed E-state index contributed by atoms with van der Waals surface area (Å²) in [5.41, 5.74) is 0.611. The molecule has 1 heterocycles. The van der Waals surface area contributed by atoms with Crippen molar-refractivity contribution in [1.29, 1.82) is 0 Å². The Morgan fingerprint density at radius 1 is 1.48 bits per heavy atom. The summed E-state index contributed by atoms with van der Waals surface area (Å²) in [5, 5.41) is 19.1. The van der Waals surface area contributed by atoms with Crippen molar-refractivity contribution in [1.82, 2.24) is 0 Å². The van der Waals surface area contributed by atoms with E-state index in [-0.39, 0.29) is 17.7 Å². The third-order valence-corrected chi connectivity index (χ3v) is 3.81. The number of rotatable bonds is 4. The number of carbonyl (C=O) groups is 2. The molecule has 112 valence electrons. The zero-order valence-corrected chi connectivity index (χ0v) is 12.7. The van der Waals surface area contributed by atoms with Crippen LogP contribution in [0.1, 0.15) is 29.3 Å². The lowest BCUT2D eigenvalue weighted by atomic mass is 9.64. The fourth-order valence-electron chi connectivity index (χ4n) is 2.24. The Balaban J connectivity index is 2.24. The molecule has 1 aromatic carbocycles. The molecule has 0 amide bonds. The molecular weight excluding hydrogens is 318 g/mol. The van der Waals surface area contributed by atoms with Gasteiger partial charge in [0, 0.05) is 12.2 Å². The number of carbonyl (C=O) groups excluding carboxylic acids is 1. The lowest BCUT2D eigenvalue weighted by molar-refractivity contribution is -0.119. The molecular formula is C13H13BCl2O5. The number of ketones is 1. The van der Waals surface area contributed by atoms with Crippen molar-refractivity contribution in [2.24, 2.45) is 0 Å². The minimum absolute atomic E-state index is 0.0177. The number of carboxylic acids is 1. The van der Waals surface area contributed by atoms with Crippen LogP contribution >= 0.6 is 23.2 Å². The number of hydrogen-bond acceptors (Lipinski definition) is 4. The van der Waals surface area contributed by atoms with Crippen molar-refractivity contribution in [2.45, 2.75) is 29.9 Å². The van der Waals surface area contributed by atoms with Crippen LogP contribution in [0.3, 0.4) is 0 Å². The summed E-state index contributed by atoms with van der Waals surface area (Å²) < 4.78 is 3.76. The highest BCUT2D eigenvalue weighted by atomic mass is 35.5. The first-order chi connectivity index (χ1) is 9.70. The summed E-state index contributed by atoms with van der Waals surface area (Å²) in [6.07, 6.45) is 0.259. The first kappa shape index (κ1) is 16.1. The second kappa shape index (κ2) is 5.87. The summed E-state index contributed by atoms with van der Waals surface area (Å²) in [6, 6.07) is 4.69. The Morgan fingerprint density at radius 2 is 2.14 bits per heavy atom. The number of alkyl halides is 2. The minimum atomic E-state index is -1.52. The Kier molecular flexibility index (Phi) is 4.51. The number of carboxylic acid groups (broad SMARTS) is 1. The van der Waals surface area contributed by atoms with Gasteiger partial charge >= 0.3 is 13.1 Å². The second-order valence-corrected chi connectivity index (χ2v) is 6.79. The van der Waals surface area contributed by atoms with Gasteiger partial charge in [-0.3, -0.25) is 4.79 Å². The van der Waals surface area contributed by atoms with E-state index in [9.17, 15) is 14.6 Å². The van der Waals surface area contributed by atoms with Gasteiger partial charge in [-0.2, -0.15) is 0 Å². The first-order valence-electron chi connectivity index (χ1n) is 6.31. The fourth-order valence-corrected chi connectivity index (χ4v) is 2.40. The minimum Gasteiger partial charge on any atom is -0.535 e. The molecule has 1 aliphatic rings. The molecule has 2 rings (SSSR count). The quantitative estimate of drug-likeness (QED) is 0.653. The second-order valence-electron chi connectivity index (χ2n) is 5.09. The Morgan fingerprint density at radius 3 is 2.71 bits per heavy atom.